The van der Waals surface area contributed by atoms with Crippen LogP contribution in [-0.4, -0.2) is 23.2 Å². The van der Waals surface area contributed by atoms with Crippen molar-refractivity contribution < 1.29 is 14.6 Å². The lowest BCUT2D eigenvalue weighted by molar-refractivity contribution is -0.136. The molecular weight excluding hydrogens is 330 g/mol. The molecule has 3 rings (SSSR count). The van der Waals surface area contributed by atoms with E-state index >= 15 is 0 Å². The molecule has 3 aromatic rings. The lowest BCUT2D eigenvalue weighted by atomic mass is 9.88. The third-order valence-corrected chi connectivity index (χ3v) is 4.58. The number of rotatable bonds is 6. The van der Waals surface area contributed by atoms with Gasteiger partial charge in [-0.3, -0.25) is 9.59 Å². The Bertz CT molecular complexity index is 992. The molecule has 0 radical (unpaired) electrons. The summed E-state index contributed by atoms with van der Waals surface area (Å²) >= 11 is 0. The number of fused-ring (bicyclic) bond motifs is 1. The van der Waals surface area contributed by atoms with E-state index in [9.17, 15) is 14.7 Å². The Morgan fingerprint density at radius 3 is 2.58 bits per heavy atom. The highest BCUT2D eigenvalue weighted by Gasteiger charge is 2.20. The predicted molar refractivity (Wildman–Crippen MR) is 101 cm³/mol. The van der Waals surface area contributed by atoms with Gasteiger partial charge in [-0.25, -0.2) is 0 Å². The predicted octanol–water partition coefficient (Wildman–Crippen LogP) is 3.51. The molecule has 1 unspecified atom stereocenters. The number of carbonyl (C=O) groups is 1. The molecule has 2 N–H and O–H groups in total. The van der Waals surface area contributed by atoms with Crippen LogP contribution in [0, 0.1) is 0 Å². The molecule has 0 saturated carbocycles. The number of carboxylic acids is 1. The summed E-state index contributed by atoms with van der Waals surface area (Å²) in [7, 11) is 1.55. The van der Waals surface area contributed by atoms with Gasteiger partial charge in [-0.05, 0) is 35.6 Å². The van der Waals surface area contributed by atoms with E-state index in [4.69, 9.17) is 4.74 Å². The van der Waals surface area contributed by atoms with Gasteiger partial charge in [-0.2, -0.15) is 0 Å². The van der Waals surface area contributed by atoms with Crippen LogP contribution in [0.15, 0.2) is 53.3 Å². The van der Waals surface area contributed by atoms with E-state index in [1.54, 1.807) is 25.3 Å². The van der Waals surface area contributed by atoms with Gasteiger partial charge in [-0.15, -0.1) is 0 Å². The second kappa shape index (κ2) is 7.44. The topological polar surface area (TPSA) is 79.4 Å². The van der Waals surface area contributed by atoms with E-state index in [2.05, 4.69) is 4.98 Å². The van der Waals surface area contributed by atoms with Crippen molar-refractivity contribution in [1.29, 1.82) is 0 Å². The minimum absolute atomic E-state index is 0.109. The van der Waals surface area contributed by atoms with Crippen LogP contribution in [0.1, 0.15) is 29.5 Å². The van der Waals surface area contributed by atoms with Crippen LogP contribution in [0.2, 0.25) is 0 Å². The number of aliphatic carboxylic acids is 1. The molecule has 0 bridgehead atoms. The number of benzene rings is 2. The number of methoxy groups -OCH3 is 1. The van der Waals surface area contributed by atoms with Crippen molar-refractivity contribution in [2.24, 2.45) is 0 Å². The third-order valence-electron chi connectivity index (χ3n) is 4.58. The summed E-state index contributed by atoms with van der Waals surface area (Å²) < 4.78 is 5.20. The fourth-order valence-corrected chi connectivity index (χ4v) is 3.42. The van der Waals surface area contributed by atoms with Crippen molar-refractivity contribution in [2.45, 2.75) is 25.7 Å². The van der Waals surface area contributed by atoms with Gasteiger partial charge in [0.2, 0.25) is 0 Å². The number of aromatic amines is 1. The molecule has 5 nitrogen and oxygen atoms in total. The van der Waals surface area contributed by atoms with Crippen LogP contribution >= 0.6 is 0 Å². The molecule has 0 aliphatic heterocycles. The zero-order valence-electron chi connectivity index (χ0n) is 14.8. The van der Waals surface area contributed by atoms with Gasteiger partial charge in [0.05, 0.1) is 19.0 Å². The maximum atomic E-state index is 12.8. The highest BCUT2D eigenvalue weighted by Crippen LogP contribution is 2.28. The highest BCUT2D eigenvalue weighted by atomic mass is 16.5. The van der Waals surface area contributed by atoms with Crippen LogP contribution in [0.5, 0.6) is 5.75 Å². The molecule has 1 atom stereocenters. The first-order valence-corrected chi connectivity index (χ1v) is 8.48. The average molecular weight is 351 g/mol. The minimum Gasteiger partial charge on any atom is -0.497 e. The Kier molecular flexibility index (Phi) is 5.07. The van der Waals surface area contributed by atoms with Crippen LogP contribution < -0.4 is 10.3 Å². The molecule has 0 amide bonds. The highest BCUT2D eigenvalue weighted by molar-refractivity contribution is 5.88. The Labute approximate surface area is 151 Å². The summed E-state index contributed by atoms with van der Waals surface area (Å²) in [6.45, 7) is 1.96. The van der Waals surface area contributed by atoms with Gasteiger partial charge in [0.1, 0.15) is 5.75 Å². The summed E-state index contributed by atoms with van der Waals surface area (Å²) in [5, 5.41) is 10.1. The molecular formula is C21H21NO4. The van der Waals surface area contributed by atoms with E-state index in [1.807, 2.05) is 37.3 Å². The summed E-state index contributed by atoms with van der Waals surface area (Å²) in [6.07, 6.45) is 0.472. The fourth-order valence-electron chi connectivity index (χ4n) is 3.42. The maximum absolute atomic E-state index is 12.8. The summed E-state index contributed by atoms with van der Waals surface area (Å²) in [5.74, 6) is -0.456. The lowest BCUT2D eigenvalue weighted by Gasteiger charge is -2.17. The van der Waals surface area contributed by atoms with Gasteiger partial charge >= 0.3 is 5.97 Å². The number of nitrogens with one attached hydrogen (secondary N) is 1. The monoisotopic (exact) mass is 351 g/mol. The average Bonchev–Trinajstić information content (AvgIpc) is 2.61. The lowest BCUT2D eigenvalue weighted by Crippen LogP contribution is -2.21. The normalized spacial score (nSPS) is 12.1. The molecule has 0 saturated heterocycles. The smallest absolute Gasteiger partial charge is 0.307 e. The van der Waals surface area contributed by atoms with Gasteiger partial charge in [0.25, 0.3) is 5.56 Å². The van der Waals surface area contributed by atoms with Crippen molar-refractivity contribution in [3.05, 3.63) is 75.6 Å². The molecule has 5 heteroatoms. The first-order chi connectivity index (χ1) is 12.5. The molecule has 0 spiro atoms. The zero-order chi connectivity index (χ0) is 18.7. The van der Waals surface area contributed by atoms with Crippen molar-refractivity contribution in [3.8, 4) is 5.75 Å². The van der Waals surface area contributed by atoms with Crippen LogP contribution in [0.3, 0.4) is 0 Å². The first-order valence-electron chi connectivity index (χ1n) is 8.48. The van der Waals surface area contributed by atoms with Gasteiger partial charge in [0, 0.05) is 17.0 Å². The Balaban J connectivity index is 2.15. The number of H-pyrrole nitrogens is 1. The summed E-state index contributed by atoms with van der Waals surface area (Å²) in [5.41, 5.74) is 2.55. The number of pyridine rings is 1. The van der Waals surface area contributed by atoms with E-state index in [0.717, 1.165) is 10.9 Å². The van der Waals surface area contributed by atoms with Crippen LogP contribution in [0.4, 0.5) is 0 Å². The van der Waals surface area contributed by atoms with Gasteiger partial charge in [-0.1, -0.05) is 37.3 Å². The van der Waals surface area contributed by atoms with Crippen molar-refractivity contribution >= 4 is 16.9 Å². The first kappa shape index (κ1) is 17.7. The Morgan fingerprint density at radius 2 is 1.92 bits per heavy atom. The Hall–Kier alpha value is -3.08. The van der Waals surface area contributed by atoms with E-state index in [0.29, 0.717) is 28.8 Å². The van der Waals surface area contributed by atoms with E-state index < -0.39 is 5.97 Å². The molecule has 0 fully saturated rings. The minimum atomic E-state index is -0.958. The standard InChI is InChI=1S/C21H21NO4/c1-13(10-14-6-4-3-5-7-14)20-17(12-19(23)24)16-9-8-15(26-2)11-18(16)22-21(20)25/h3-9,11,13H,10,12H2,1-2H3,(H,22,25)(H,23,24). The van der Waals surface area contributed by atoms with Crippen molar-refractivity contribution in [3.63, 3.8) is 0 Å². The summed E-state index contributed by atoms with van der Waals surface area (Å²) in [4.78, 5) is 27.1. The molecule has 1 heterocycles. The number of hydrogen-bond acceptors (Lipinski definition) is 3. The van der Waals surface area contributed by atoms with E-state index in [-0.39, 0.29) is 17.9 Å². The molecule has 0 aliphatic carbocycles. The zero-order valence-corrected chi connectivity index (χ0v) is 14.8. The Morgan fingerprint density at radius 1 is 1.19 bits per heavy atom. The van der Waals surface area contributed by atoms with Gasteiger partial charge < -0.3 is 14.8 Å². The maximum Gasteiger partial charge on any atom is 0.307 e. The third kappa shape index (κ3) is 3.61. The van der Waals surface area contributed by atoms with Crippen LogP contribution in [0.25, 0.3) is 10.9 Å². The summed E-state index contributed by atoms with van der Waals surface area (Å²) in [6, 6.07) is 15.2. The quantitative estimate of drug-likeness (QED) is 0.712. The number of carboxylic acid groups (broad SMARTS) is 1. The fraction of sp³-hybridized carbons (Fsp3) is 0.238. The largest absolute Gasteiger partial charge is 0.497 e. The SMILES string of the molecule is COc1ccc2c(CC(=O)O)c(C(C)Cc3ccccc3)c(=O)[nH]c2c1. The molecule has 0 aliphatic rings. The second-order valence-electron chi connectivity index (χ2n) is 6.42. The van der Waals surface area contributed by atoms with Crippen LogP contribution in [-0.2, 0) is 17.6 Å². The van der Waals surface area contributed by atoms with Crippen molar-refractivity contribution in [2.75, 3.05) is 7.11 Å². The number of ether oxygens (including phenoxy) is 1. The van der Waals surface area contributed by atoms with E-state index in [1.165, 1.54) is 0 Å². The number of hydrogen-bond donors (Lipinski definition) is 2. The molecule has 134 valence electrons. The molecule has 26 heavy (non-hydrogen) atoms. The molecule has 2 aromatic carbocycles. The van der Waals surface area contributed by atoms with Gasteiger partial charge in [0.15, 0.2) is 0 Å². The van der Waals surface area contributed by atoms with Crippen molar-refractivity contribution in [1.82, 2.24) is 4.98 Å². The second-order valence-corrected chi connectivity index (χ2v) is 6.42. The molecule has 1 aromatic heterocycles. The number of aromatic nitrogens is 1.